The quantitative estimate of drug-likeness (QED) is 0.0343. The van der Waals surface area contributed by atoms with E-state index in [0.717, 1.165) is 69.6 Å². The van der Waals surface area contributed by atoms with E-state index >= 15 is 0 Å². The maximum Gasteiger partial charge on any atom is 0.306 e. The molecule has 0 rings (SSSR count). The van der Waals surface area contributed by atoms with Gasteiger partial charge in [0.15, 0.2) is 6.10 Å². The lowest BCUT2D eigenvalue weighted by Crippen LogP contribution is -2.30. The lowest BCUT2D eigenvalue weighted by atomic mass is 9.99. The smallest absolute Gasteiger partial charge is 0.306 e. The Hall–Kier alpha value is -1.59. The Labute approximate surface area is 444 Å². The van der Waals surface area contributed by atoms with Crippen LogP contribution in [0.4, 0.5) is 0 Å². The SMILES string of the molecule is CCCCCCCCCCCCCCCCCCCCCC(=O)O[C@H](COC(=O)CCCCCCCCCCCCCCCCCCCCC(C)CC)COC(=O)CCCCCCCCCCC(C)CC. The number of hydrogen-bond acceptors (Lipinski definition) is 6. The summed E-state index contributed by atoms with van der Waals surface area (Å²) in [6.45, 7) is 11.5. The fourth-order valence-electron chi connectivity index (χ4n) is 10.0. The van der Waals surface area contributed by atoms with Crippen LogP contribution in [0.3, 0.4) is 0 Å². The molecule has 0 aliphatic carbocycles. The lowest BCUT2D eigenvalue weighted by molar-refractivity contribution is -0.167. The van der Waals surface area contributed by atoms with Gasteiger partial charge in [-0.1, -0.05) is 330 Å². The van der Waals surface area contributed by atoms with E-state index in [1.54, 1.807) is 0 Å². The second-order valence-corrected chi connectivity index (χ2v) is 22.9. The highest BCUT2D eigenvalue weighted by Gasteiger charge is 2.19. The molecule has 0 aliphatic rings. The van der Waals surface area contributed by atoms with Gasteiger partial charge < -0.3 is 14.2 Å². The molecule has 0 saturated carbocycles. The Morgan fingerprint density at radius 3 is 0.732 bits per heavy atom. The molecule has 0 aliphatic heterocycles. The van der Waals surface area contributed by atoms with Crippen LogP contribution in [0, 0.1) is 11.8 Å². The van der Waals surface area contributed by atoms with Crippen molar-refractivity contribution < 1.29 is 28.6 Å². The number of hydrogen-bond donors (Lipinski definition) is 0. The predicted molar refractivity (Wildman–Crippen MR) is 307 cm³/mol. The first kappa shape index (κ1) is 69.4. The van der Waals surface area contributed by atoms with Crippen molar-refractivity contribution in [2.24, 2.45) is 11.8 Å². The maximum atomic E-state index is 12.9. The molecule has 0 bridgehead atoms. The van der Waals surface area contributed by atoms with Gasteiger partial charge in [0, 0.05) is 19.3 Å². The van der Waals surface area contributed by atoms with E-state index in [2.05, 4.69) is 34.6 Å². The summed E-state index contributed by atoms with van der Waals surface area (Å²) in [4.78, 5) is 38.3. The fourth-order valence-corrected chi connectivity index (χ4v) is 10.0. The average Bonchev–Trinajstić information content (AvgIpc) is 3.37. The molecule has 0 heterocycles. The third-order valence-corrected chi connectivity index (χ3v) is 15.7. The van der Waals surface area contributed by atoms with E-state index in [0.29, 0.717) is 19.3 Å². The van der Waals surface area contributed by atoms with Gasteiger partial charge in [0.2, 0.25) is 0 Å². The summed E-state index contributed by atoms with van der Waals surface area (Å²) in [6.07, 6.45) is 63.9. The largest absolute Gasteiger partial charge is 0.462 e. The summed E-state index contributed by atoms with van der Waals surface area (Å²) < 4.78 is 16.9. The first-order valence-electron chi connectivity index (χ1n) is 32.3. The molecular weight excluding hydrogens is 877 g/mol. The van der Waals surface area contributed by atoms with E-state index in [-0.39, 0.29) is 31.1 Å². The molecule has 0 aromatic rings. The molecule has 0 amide bonds. The molecule has 0 radical (unpaired) electrons. The zero-order valence-corrected chi connectivity index (χ0v) is 48.9. The van der Waals surface area contributed by atoms with Crippen molar-refractivity contribution in [3.05, 3.63) is 0 Å². The first-order chi connectivity index (χ1) is 34.8. The molecule has 0 saturated heterocycles. The van der Waals surface area contributed by atoms with Crippen LogP contribution in [0.2, 0.25) is 0 Å². The van der Waals surface area contributed by atoms with Gasteiger partial charge in [0.05, 0.1) is 0 Å². The van der Waals surface area contributed by atoms with Crippen molar-refractivity contribution in [2.75, 3.05) is 13.2 Å². The van der Waals surface area contributed by atoms with Crippen LogP contribution < -0.4 is 0 Å². The summed E-state index contributed by atoms with van der Waals surface area (Å²) in [5.74, 6) is 0.923. The van der Waals surface area contributed by atoms with Crippen molar-refractivity contribution in [3.63, 3.8) is 0 Å². The van der Waals surface area contributed by atoms with E-state index in [9.17, 15) is 14.4 Å². The van der Waals surface area contributed by atoms with Gasteiger partial charge >= 0.3 is 17.9 Å². The molecule has 2 unspecified atom stereocenters. The molecule has 0 N–H and O–H groups in total. The van der Waals surface area contributed by atoms with Crippen molar-refractivity contribution in [1.82, 2.24) is 0 Å². The number of esters is 3. The van der Waals surface area contributed by atoms with Crippen LogP contribution in [0.15, 0.2) is 0 Å². The monoisotopic (exact) mass is 1000 g/mol. The number of rotatable bonds is 59. The van der Waals surface area contributed by atoms with Crippen molar-refractivity contribution in [3.8, 4) is 0 Å². The van der Waals surface area contributed by atoms with Gasteiger partial charge in [-0.25, -0.2) is 0 Å². The van der Waals surface area contributed by atoms with Gasteiger partial charge in [0.1, 0.15) is 13.2 Å². The summed E-state index contributed by atoms with van der Waals surface area (Å²) in [5.41, 5.74) is 0. The van der Waals surface area contributed by atoms with Gasteiger partial charge in [-0.15, -0.1) is 0 Å². The van der Waals surface area contributed by atoms with Crippen LogP contribution in [0.5, 0.6) is 0 Å². The minimum atomic E-state index is -0.764. The number of carbonyl (C=O) groups excluding carboxylic acids is 3. The molecule has 0 aromatic heterocycles. The fraction of sp³-hybridized carbons (Fsp3) is 0.954. The van der Waals surface area contributed by atoms with Crippen molar-refractivity contribution in [1.29, 1.82) is 0 Å². The highest BCUT2D eigenvalue weighted by atomic mass is 16.6. The van der Waals surface area contributed by atoms with Crippen LogP contribution in [-0.4, -0.2) is 37.2 Å². The van der Waals surface area contributed by atoms with Crippen LogP contribution in [-0.2, 0) is 28.6 Å². The second-order valence-electron chi connectivity index (χ2n) is 22.9. The minimum absolute atomic E-state index is 0.0624. The van der Waals surface area contributed by atoms with E-state index in [4.69, 9.17) is 14.2 Å². The number of ether oxygens (including phenoxy) is 3. The number of unbranched alkanes of at least 4 members (excludes halogenated alkanes) is 42. The standard InChI is InChI=1S/C65H126O6/c1-6-9-10-11-12-13-14-15-16-17-18-23-26-29-32-35-42-47-52-57-65(68)71-62(59-70-64(67)56-51-46-41-37-36-39-44-49-54-61(5)8-3)58-69-63(66)55-50-45-40-34-31-28-25-22-20-19-21-24-27-30-33-38-43-48-53-60(4)7-2/h60-62H,6-59H2,1-5H3/t60?,61?,62-/m1/s1. The van der Waals surface area contributed by atoms with E-state index in [1.165, 1.54) is 257 Å². The highest BCUT2D eigenvalue weighted by Crippen LogP contribution is 2.20. The molecule has 0 fully saturated rings. The molecule has 3 atom stereocenters. The Morgan fingerprint density at radius 1 is 0.282 bits per heavy atom. The Morgan fingerprint density at radius 2 is 0.493 bits per heavy atom. The normalized spacial score (nSPS) is 12.8. The third-order valence-electron chi connectivity index (χ3n) is 15.7. The van der Waals surface area contributed by atoms with Crippen molar-refractivity contribution in [2.45, 2.75) is 375 Å². The predicted octanol–water partition coefficient (Wildman–Crippen LogP) is 21.6. The van der Waals surface area contributed by atoms with E-state index in [1.807, 2.05) is 0 Å². The lowest BCUT2D eigenvalue weighted by Gasteiger charge is -2.18. The molecule has 0 aromatic carbocycles. The van der Waals surface area contributed by atoms with Gasteiger partial charge in [-0.2, -0.15) is 0 Å². The molecule has 422 valence electrons. The Balaban J connectivity index is 4.23. The summed E-state index contributed by atoms with van der Waals surface area (Å²) in [7, 11) is 0. The summed E-state index contributed by atoms with van der Waals surface area (Å²) in [5, 5.41) is 0. The maximum absolute atomic E-state index is 12.9. The second kappa shape index (κ2) is 57.7. The van der Waals surface area contributed by atoms with Gasteiger partial charge in [-0.3, -0.25) is 14.4 Å². The van der Waals surface area contributed by atoms with Crippen molar-refractivity contribution >= 4 is 17.9 Å². The molecular formula is C65H126O6. The average molecular weight is 1000 g/mol. The number of carbonyl (C=O) groups is 3. The molecule has 0 spiro atoms. The summed E-state index contributed by atoms with van der Waals surface area (Å²) in [6, 6.07) is 0. The highest BCUT2D eigenvalue weighted by molar-refractivity contribution is 5.71. The van der Waals surface area contributed by atoms with Crippen LogP contribution in [0.1, 0.15) is 369 Å². The first-order valence-corrected chi connectivity index (χ1v) is 32.3. The molecule has 6 nitrogen and oxygen atoms in total. The minimum Gasteiger partial charge on any atom is -0.462 e. The van der Waals surface area contributed by atoms with Crippen LogP contribution >= 0.6 is 0 Å². The third kappa shape index (κ3) is 56.0. The van der Waals surface area contributed by atoms with Crippen LogP contribution in [0.25, 0.3) is 0 Å². The molecule has 71 heavy (non-hydrogen) atoms. The van der Waals surface area contributed by atoms with E-state index < -0.39 is 6.10 Å². The zero-order chi connectivity index (χ0) is 51.8. The summed E-state index contributed by atoms with van der Waals surface area (Å²) >= 11 is 0. The Bertz CT molecular complexity index is 1090. The Kier molecular flexibility index (Phi) is 56.4. The zero-order valence-electron chi connectivity index (χ0n) is 48.9. The molecule has 6 heteroatoms. The topological polar surface area (TPSA) is 78.9 Å². The van der Waals surface area contributed by atoms with Gasteiger partial charge in [-0.05, 0) is 31.1 Å². The van der Waals surface area contributed by atoms with Gasteiger partial charge in [0.25, 0.3) is 0 Å².